The first-order valence-corrected chi connectivity index (χ1v) is 13.6. The maximum Gasteiger partial charge on any atom is 0.414 e. The summed E-state index contributed by atoms with van der Waals surface area (Å²) in [6, 6.07) is 6.16. The van der Waals surface area contributed by atoms with Gasteiger partial charge in [0.25, 0.3) is 0 Å². The van der Waals surface area contributed by atoms with Crippen LogP contribution >= 0.6 is 11.3 Å². The topological polar surface area (TPSA) is 137 Å². The fourth-order valence-electron chi connectivity index (χ4n) is 4.53. The van der Waals surface area contributed by atoms with Gasteiger partial charge in [-0.25, -0.2) is 9.18 Å². The fourth-order valence-corrected chi connectivity index (χ4v) is 5.44. The molecule has 0 aliphatic carbocycles. The van der Waals surface area contributed by atoms with Crippen LogP contribution in [-0.2, 0) is 14.3 Å². The third-order valence-corrected chi connectivity index (χ3v) is 7.53. The summed E-state index contributed by atoms with van der Waals surface area (Å²) < 4.78 is 20.4. The summed E-state index contributed by atoms with van der Waals surface area (Å²) in [7, 11) is 0. The number of hydrogen-bond acceptors (Lipinski definition) is 9. The number of amides is 3. The second-order valence-electron chi connectivity index (χ2n) is 9.37. The van der Waals surface area contributed by atoms with E-state index in [-0.39, 0.29) is 29.9 Å². The molecule has 3 heterocycles. The number of thiophene rings is 1. The summed E-state index contributed by atoms with van der Waals surface area (Å²) in [6.45, 7) is 5.41. The third kappa shape index (κ3) is 6.74. The number of nitrogens with zero attached hydrogens (tertiary/aromatic N) is 4. The molecule has 1 atom stereocenters. The summed E-state index contributed by atoms with van der Waals surface area (Å²) in [6.07, 6.45) is 0.847. The third-order valence-electron chi connectivity index (χ3n) is 6.54. The van der Waals surface area contributed by atoms with Crippen molar-refractivity contribution in [2.75, 3.05) is 59.3 Å². The van der Waals surface area contributed by atoms with Crippen LogP contribution in [0.4, 0.5) is 36.2 Å². The first-order valence-electron chi connectivity index (χ1n) is 12.8. The Morgan fingerprint density at radius 2 is 1.87 bits per heavy atom. The van der Waals surface area contributed by atoms with Gasteiger partial charge < -0.3 is 25.2 Å². The summed E-state index contributed by atoms with van der Waals surface area (Å²) in [5.41, 5.74) is 1.16. The highest BCUT2D eigenvalue weighted by atomic mass is 32.1. The molecule has 2 N–H and O–H groups in total. The van der Waals surface area contributed by atoms with Gasteiger partial charge in [-0.2, -0.15) is 0 Å². The lowest BCUT2D eigenvalue weighted by Gasteiger charge is -2.36. The molecule has 3 amide bonds. The Morgan fingerprint density at radius 3 is 2.49 bits per heavy atom. The smallest absolute Gasteiger partial charge is 0.414 e. The molecular weight excluding hydrogens is 531 g/mol. The number of carbonyl (C=O) groups excluding carboxylic acids is 3. The molecule has 14 heteroatoms. The monoisotopic (exact) mass is 562 g/mol. The lowest BCUT2D eigenvalue weighted by molar-refractivity contribution is -0.379. The molecule has 0 bridgehead atoms. The molecule has 4 rings (SSSR count). The molecule has 1 aromatic heterocycles. The van der Waals surface area contributed by atoms with Crippen LogP contribution < -0.4 is 25.3 Å². The van der Waals surface area contributed by atoms with E-state index in [1.165, 1.54) is 17.9 Å². The van der Waals surface area contributed by atoms with Crippen LogP contribution in [0.2, 0.25) is 0 Å². The van der Waals surface area contributed by atoms with Crippen molar-refractivity contribution in [1.82, 2.24) is 5.32 Å². The largest absolute Gasteiger partial charge is 0.442 e. The number of cyclic esters (lactones) is 1. The van der Waals surface area contributed by atoms with E-state index in [1.54, 1.807) is 18.2 Å². The van der Waals surface area contributed by atoms with E-state index in [2.05, 4.69) is 10.6 Å². The summed E-state index contributed by atoms with van der Waals surface area (Å²) in [5.74, 6) is -0.908. The Hall–Kier alpha value is -3.94. The number of piperazine rings is 1. The summed E-state index contributed by atoms with van der Waals surface area (Å²) in [5, 5.41) is 17.4. The number of anilines is 4. The predicted octanol–water partition coefficient (Wildman–Crippen LogP) is 3.71. The molecule has 2 aliphatic heterocycles. The fraction of sp³-hybridized carbons (Fsp3) is 0.480. The minimum Gasteiger partial charge on any atom is -0.442 e. The van der Waals surface area contributed by atoms with E-state index in [0.717, 1.165) is 24.2 Å². The van der Waals surface area contributed by atoms with E-state index in [1.807, 2.05) is 16.7 Å². The average molecular weight is 563 g/mol. The maximum absolute atomic E-state index is 15.2. The zero-order valence-corrected chi connectivity index (χ0v) is 22.6. The molecule has 0 unspecified atom stereocenters. The van der Waals surface area contributed by atoms with Gasteiger partial charge in [0, 0.05) is 45.6 Å². The molecule has 2 fully saturated rings. The normalized spacial score (nSPS) is 17.3. The number of halogens is 1. The van der Waals surface area contributed by atoms with Gasteiger partial charge in [-0.05, 0) is 36.0 Å². The Morgan fingerprint density at radius 1 is 1.18 bits per heavy atom. The van der Waals surface area contributed by atoms with Crippen molar-refractivity contribution in [2.45, 2.75) is 39.2 Å². The number of hydrogen-bond donors (Lipinski definition) is 2. The van der Waals surface area contributed by atoms with Gasteiger partial charge in [0.1, 0.15) is 22.6 Å². The van der Waals surface area contributed by atoms with Crippen molar-refractivity contribution < 1.29 is 28.4 Å². The van der Waals surface area contributed by atoms with E-state index < -0.39 is 22.9 Å². The molecule has 210 valence electrons. The number of rotatable bonds is 10. The van der Waals surface area contributed by atoms with Gasteiger partial charge in [-0.15, -0.1) is 0 Å². The van der Waals surface area contributed by atoms with E-state index >= 15 is 4.39 Å². The highest BCUT2D eigenvalue weighted by Gasteiger charge is 2.33. The van der Waals surface area contributed by atoms with Crippen LogP contribution in [0.3, 0.4) is 0 Å². The van der Waals surface area contributed by atoms with Crippen molar-refractivity contribution in [1.29, 1.82) is 0 Å². The molecule has 12 nitrogen and oxygen atoms in total. The van der Waals surface area contributed by atoms with Crippen LogP contribution in [0.5, 0.6) is 0 Å². The van der Waals surface area contributed by atoms with E-state index in [0.29, 0.717) is 54.7 Å². The number of carbonyl (C=O) groups is 3. The maximum atomic E-state index is 15.2. The molecule has 0 saturated carbocycles. The van der Waals surface area contributed by atoms with Crippen LogP contribution in [0.25, 0.3) is 0 Å². The molecule has 0 spiro atoms. The van der Waals surface area contributed by atoms with Gasteiger partial charge in [0.15, 0.2) is 0 Å². The molecule has 1 aromatic carbocycles. The number of benzene rings is 1. The second-order valence-corrected chi connectivity index (χ2v) is 10.4. The Labute approximate surface area is 228 Å². The predicted molar refractivity (Wildman–Crippen MR) is 146 cm³/mol. The highest BCUT2D eigenvalue weighted by Crippen LogP contribution is 2.41. The standard InChI is InChI=1S/C25H31FN6O6S/c1-3-4-5-22(34)28-23-13-21(24(39-23)32(36)37)30-10-8-29(9-11-30)20-7-6-17(12-19(20)26)31-15-18(38-25(31)35)14-27-16(2)33/h6-7,12-13,18H,3-5,8-11,14-15H2,1-2H3,(H,27,33)(H,28,34)/t18-/m0/s1. The van der Waals surface area contributed by atoms with Crippen molar-refractivity contribution in [3.8, 4) is 0 Å². The average Bonchev–Trinajstić information content (AvgIpc) is 3.49. The number of ether oxygens (including phenoxy) is 1. The Balaban J connectivity index is 1.39. The molecule has 39 heavy (non-hydrogen) atoms. The second kappa shape index (κ2) is 12.3. The van der Waals surface area contributed by atoms with Gasteiger partial charge >= 0.3 is 11.1 Å². The SMILES string of the molecule is CCCCC(=O)Nc1cc(N2CCN(c3ccc(N4C[C@H](CNC(C)=O)OC4=O)cc3F)CC2)c([N+](=O)[O-])s1. The Bertz CT molecular complexity index is 1250. The number of nitrogens with one attached hydrogen (secondary N) is 2. The minimum atomic E-state index is -0.607. The molecule has 0 radical (unpaired) electrons. The first kappa shape index (κ1) is 28.1. The zero-order chi connectivity index (χ0) is 28.1. The van der Waals surface area contributed by atoms with Gasteiger partial charge in [-0.1, -0.05) is 13.3 Å². The van der Waals surface area contributed by atoms with Crippen LogP contribution in [0.15, 0.2) is 24.3 Å². The quantitative estimate of drug-likeness (QED) is 0.330. The zero-order valence-electron chi connectivity index (χ0n) is 21.8. The molecule has 2 aromatic rings. The van der Waals surface area contributed by atoms with Crippen LogP contribution in [-0.4, -0.2) is 68.2 Å². The van der Waals surface area contributed by atoms with Gasteiger partial charge in [0.05, 0.1) is 29.4 Å². The molecular formula is C25H31FN6O6S. The summed E-state index contributed by atoms with van der Waals surface area (Å²) in [4.78, 5) is 51.7. The van der Waals surface area contributed by atoms with Gasteiger partial charge in [-0.3, -0.25) is 24.6 Å². The number of unbranched alkanes of at least 4 members (excludes halogenated alkanes) is 1. The van der Waals surface area contributed by atoms with Crippen molar-refractivity contribution in [3.63, 3.8) is 0 Å². The van der Waals surface area contributed by atoms with Crippen molar-refractivity contribution in [2.24, 2.45) is 0 Å². The van der Waals surface area contributed by atoms with Crippen molar-refractivity contribution >= 4 is 56.3 Å². The summed E-state index contributed by atoms with van der Waals surface area (Å²) >= 11 is 0.932. The highest BCUT2D eigenvalue weighted by molar-refractivity contribution is 7.20. The van der Waals surface area contributed by atoms with Crippen molar-refractivity contribution in [3.05, 3.63) is 40.2 Å². The minimum absolute atomic E-state index is 0.0425. The lowest BCUT2D eigenvalue weighted by Crippen LogP contribution is -2.46. The molecule has 2 saturated heterocycles. The first-order chi connectivity index (χ1) is 18.7. The van der Waals surface area contributed by atoms with Gasteiger partial charge in [0.2, 0.25) is 11.8 Å². The van der Waals surface area contributed by atoms with Crippen LogP contribution in [0, 0.1) is 15.9 Å². The lowest BCUT2D eigenvalue weighted by atomic mass is 10.2. The van der Waals surface area contributed by atoms with Crippen LogP contribution in [0.1, 0.15) is 33.1 Å². The van der Waals surface area contributed by atoms with E-state index in [4.69, 9.17) is 4.74 Å². The van der Waals surface area contributed by atoms with E-state index in [9.17, 15) is 24.5 Å². The molecule has 2 aliphatic rings. The number of nitro groups is 1. The Kier molecular flexibility index (Phi) is 8.84.